The fourth-order valence-corrected chi connectivity index (χ4v) is 3.94. The quantitative estimate of drug-likeness (QED) is 0.205. The zero-order chi connectivity index (χ0) is 19.3. The van der Waals surface area contributed by atoms with Gasteiger partial charge in [0.2, 0.25) is 0 Å². The fraction of sp³-hybridized carbons (Fsp3) is 1.00. The third-order valence-electron chi connectivity index (χ3n) is 5.79. The largest absolute Gasteiger partial charge is 0.396 e. The Bertz CT molecular complexity index is 224. The Morgan fingerprint density at radius 1 is 0.462 bits per heavy atom. The molecule has 26 heavy (non-hydrogen) atoms. The Kier molecular flexibility index (Phi) is 19.6. The Morgan fingerprint density at radius 3 is 1.12 bits per heavy atom. The number of rotatable bonds is 21. The van der Waals surface area contributed by atoms with Crippen molar-refractivity contribution in [2.75, 3.05) is 6.61 Å². The Balaban J connectivity index is 4.02. The molecule has 0 saturated heterocycles. The Hall–Kier alpha value is -0.0800. The molecule has 0 saturated carbocycles. The van der Waals surface area contributed by atoms with Crippen LogP contribution in [0.3, 0.4) is 0 Å². The van der Waals surface area contributed by atoms with E-state index in [2.05, 4.69) is 13.8 Å². The number of aliphatic hydroxyl groups is 2. The summed E-state index contributed by atoms with van der Waals surface area (Å²) in [6, 6.07) is 0. The van der Waals surface area contributed by atoms with Gasteiger partial charge in [-0.1, -0.05) is 117 Å². The first-order valence-electron chi connectivity index (χ1n) is 12.0. The van der Waals surface area contributed by atoms with Crippen LogP contribution in [0.4, 0.5) is 0 Å². The first-order valence-corrected chi connectivity index (χ1v) is 12.0. The summed E-state index contributed by atoms with van der Waals surface area (Å²) in [5, 5.41) is 20.0. The van der Waals surface area contributed by atoms with Crippen LogP contribution in [-0.4, -0.2) is 22.4 Å². The molecule has 0 unspecified atom stereocenters. The summed E-state index contributed by atoms with van der Waals surface area (Å²) in [5.74, 6) is 0. The van der Waals surface area contributed by atoms with Gasteiger partial charge >= 0.3 is 0 Å². The van der Waals surface area contributed by atoms with Crippen molar-refractivity contribution in [2.45, 2.75) is 148 Å². The van der Waals surface area contributed by atoms with Crippen LogP contribution in [0.5, 0.6) is 0 Å². The van der Waals surface area contributed by atoms with Gasteiger partial charge in [0, 0.05) is 6.61 Å². The van der Waals surface area contributed by atoms with E-state index in [1.54, 1.807) is 0 Å². The minimum atomic E-state index is -0.410. The summed E-state index contributed by atoms with van der Waals surface area (Å²) in [6.45, 7) is 4.85. The third kappa shape index (κ3) is 17.3. The zero-order valence-corrected chi connectivity index (χ0v) is 18.2. The van der Waals surface area contributed by atoms with Crippen LogP contribution >= 0.6 is 0 Å². The van der Waals surface area contributed by atoms with Gasteiger partial charge < -0.3 is 10.2 Å². The minimum Gasteiger partial charge on any atom is -0.396 e. The molecule has 158 valence electrons. The number of aliphatic hydroxyl groups excluding tert-OH is 1. The number of hydrogen-bond donors (Lipinski definition) is 2. The smallest absolute Gasteiger partial charge is 0.0647 e. The molecule has 0 rings (SSSR count). The second-order valence-corrected chi connectivity index (χ2v) is 8.50. The molecule has 0 radical (unpaired) electrons. The molecular weight excluding hydrogens is 320 g/mol. The van der Waals surface area contributed by atoms with E-state index in [0.29, 0.717) is 6.61 Å². The summed E-state index contributed by atoms with van der Waals surface area (Å²) in [6.07, 6.45) is 24.3. The van der Waals surface area contributed by atoms with Crippen LogP contribution < -0.4 is 0 Å². The highest BCUT2D eigenvalue weighted by Gasteiger charge is 2.25. The van der Waals surface area contributed by atoms with Crippen molar-refractivity contribution in [1.29, 1.82) is 0 Å². The van der Waals surface area contributed by atoms with Gasteiger partial charge in [0.25, 0.3) is 0 Å². The van der Waals surface area contributed by atoms with E-state index in [1.165, 1.54) is 89.9 Å². The molecule has 0 bridgehead atoms. The lowest BCUT2D eigenvalue weighted by molar-refractivity contribution is 0.00703. The molecule has 0 aliphatic carbocycles. The van der Waals surface area contributed by atoms with Crippen molar-refractivity contribution < 1.29 is 10.2 Å². The zero-order valence-electron chi connectivity index (χ0n) is 18.2. The summed E-state index contributed by atoms with van der Waals surface area (Å²) < 4.78 is 0. The van der Waals surface area contributed by atoms with Gasteiger partial charge in [-0.15, -0.1) is 0 Å². The Morgan fingerprint density at radius 2 is 0.769 bits per heavy atom. The SMILES string of the molecule is CCCCCCCCC(O)(CCCCCCCC)CCCCCCCO. The van der Waals surface area contributed by atoms with Gasteiger partial charge in [-0.25, -0.2) is 0 Å². The van der Waals surface area contributed by atoms with E-state index < -0.39 is 5.60 Å². The van der Waals surface area contributed by atoms with E-state index in [0.717, 1.165) is 38.5 Å². The van der Waals surface area contributed by atoms with E-state index in [9.17, 15) is 5.11 Å². The van der Waals surface area contributed by atoms with Crippen LogP contribution in [-0.2, 0) is 0 Å². The van der Waals surface area contributed by atoms with E-state index in [4.69, 9.17) is 5.11 Å². The van der Waals surface area contributed by atoms with Gasteiger partial charge in [0.05, 0.1) is 5.60 Å². The summed E-state index contributed by atoms with van der Waals surface area (Å²) in [7, 11) is 0. The van der Waals surface area contributed by atoms with Crippen molar-refractivity contribution in [3.63, 3.8) is 0 Å². The van der Waals surface area contributed by atoms with E-state index in [1.807, 2.05) is 0 Å². The normalized spacial score (nSPS) is 12.0. The minimum absolute atomic E-state index is 0.319. The first kappa shape index (κ1) is 25.9. The van der Waals surface area contributed by atoms with Crippen molar-refractivity contribution in [3.8, 4) is 0 Å². The van der Waals surface area contributed by atoms with Crippen molar-refractivity contribution in [2.24, 2.45) is 0 Å². The highest BCUT2D eigenvalue weighted by atomic mass is 16.3. The van der Waals surface area contributed by atoms with Crippen LogP contribution in [0.1, 0.15) is 142 Å². The molecule has 0 aromatic carbocycles. The van der Waals surface area contributed by atoms with Crippen LogP contribution in [0.15, 0.2) is 0 Å². The molecule has 0 fully saturated rings. The monoisotopic (exact) mass is 370 g/mol. The number of unbranched alkanes of at least 4 members (excludes halogenated alkanes) is 14. The van der Waals surface area contributed by atoms with Gasteiger partial charge in [-0.3, -0.25) is 0 Å². The van der Waals surface area contributed by atoms with Crippen LogP contribution in [0, 0.1) is 0 Å². The molecule has 0 aliphatic heterocycles. The molecule has 2 nitrogen and oxygen atoms in total. The molecule has 0 amide bonds. The molecular formula is C24H50O2. The van der Waals surface area contributed by atoms with E-state index in [-0.39, 0.29) is 0 Å². The second-order valence-electron chi connectivity index (χ2n) is 8.50. The van der Waals surface area contributed by atoms with Crippen molar-refractivity contribution >= 4 is 0 Å². The molecule has 2 heteroatoms. The van der Waals surface area contributed by atoms with Crippen LogP contribution in [0.25, 0.3) is 0 Å². The lowest BCUT2D eigenvalue weighted by Gasteiger charge is -2.29. The van der Waals surface area contributed by atoms with Crippen molar-refractivity contribution in [3.05, 3.63) is 0 Å². The topological polar surface area (TPSA) is 40.5 Å². The predicted octanol–water partition coefficient (Wildman–Crippen LogP) is 7.55. The second kappa shape index (κ2) is 19.7. The molecule has 0 aromatic heterocycles. The lowest BCUT2D eigenvalue weighted by Crippen LogP contribution is -2.28. The van der Waals surface area contributed by atoms with Gasteiger partial charge in [-0.05, 0) is 25.7 Å². The summed E-state index contributed by atoms with van der Waals surface area (Å²) in [5.41, 5.74) is -0.410. The lowest BCUT2D eigenvalue weighted by atomic mass is 9.85. The van der Waals surface area contributed by atoms with E-state index >= 15 is 0 Å². The molecule has 0 spiro atoms. The summed E-state index contributed by atoms with van der Waals surface area (Å²) in [4.78, 5) is 0. The van der Waals surface area contributed by atoms with Crippen molar-refractivity contribution in [1.82, 2.24) is 0 Å². The average molecular weight is 371 g/mol. The van der Waals surface area contributed by atoms with Crippen LogP contribution in [0.2, 0.25) is 0 Å². The van der Waals surface area contributed by atoms with Gasteiger partial charge in [0.15, 0.2) is 0 Å². The standard InChI is InChI=1S/C24H50O2/c1-3-5-7-9-12-16-20-24(26,21-17-13-10-8-6-4-2)22-18-14-11-15-19-23-25/h25-26H,3-23H2,1-2H3. The fourth-order valence-electron chi connectivity index (χ4n) is 3.94. The number of hydrogen-bond acceptors (Lipinski definition) is 2. The molecule has 0 heterocycles. The maximum atomic E-state index is 11.2. The molecule has 0 aliphatic rings. The first-order chi connectivity index (χ1) is 12.7. The molecule has 2 N–H and O–H groups in total. The average Bonchev–Trinajstić information content (AvgIpc) is 2.64. The highest BCUT2D eigenvalue weighted by Crippen LogP contribution is 2.29. The maximum absolute atomic E-state index is 11.2. The maximum Gasteiger partial charge on any atom is 0.0647 e. The highest BCUT2D eigenvalue weighted by molar-refractivity contribution is 4.78. The Labute approximate surface area is 165 Å². The van der Waals surface area contributed by atoms with Gasteiger partial charge in [0.1, 0.15) is 0 Å². The predicted molar refractivity (Wildman–Crippen MR) is 116 cm³/mol. The third-order valence-corrected chi connectivity index (χ3v) is 5.79. The molecule has 0 aromatic rings. The summed E-state index contributed by atoms with van der Waals surface area (Å²) >= 11 is 0. The molecule has 0 atom stereocenters. The van der Waals surface area contributed by atoms with Gasteiger partial charge in [-0.2, -0.15) is 0 Å².